The summed E-state index contributed by atoms with van der Waals surface area (Å²) in [5, 5.41) is 10.3. The number of aromatic nitrogens is 2. The molecule has 1 N–H and O–H groups in total. The van der Waals surface area contributed by atoms with Crippen molar-refractivity contribution in [3.8, 4) is 5.75 Å². The van der Waals surface area contributed by atoms with E-state index < -0.39 is 0 Å². The summed E-state index contributed by atoms with van der Waals surface area (Å²) in [6, 6.07) is 4.53. The number of aryl methyl sites for hydroxylation is 2. The van der Waals surface area contributed by atoms with Gasteiger partial charge in [-0.15, -0.1) is 11.3 Å². The molecule has 2 aromatic heterocycles. The predicted molar refractivity (Wildman–Crippen MR) is 88.2 cm³/mol. The minimum Gasteiger partial charge on any atom is -0.496 e. The molecule has 5 heteroatoms. The zero-order valence-corrected chi connectivity index (χ0v) is 14.2. The second-order valence-electron chi connectivity index (χ2n) is 5.17. The van der Waals surface area contributed by atoms with Crippen molar-refractivity contribution in [3.05, 3.63) is 33.8 Å². The van der Waals surface area contributed by atoms with Gasteiger partial charge in [-0.25, -0.2) is 0 Å². The Morgan fingerprint density at radius 3 is 2.86 bits per heavy atom. The van der Waals surface area contributed by atoms with Crippen molar-refractivity contribution in [2.24, 2.45) is 7.05 Å². The highest BCUT2D eigenvalue weighted by molar-refractivity contribution is 7.10. The van der Waals surface area contributed by atoms with E-state index in [1.54, 1.807) is 18.4 Å². The van der Waals surface area contributed by atoms with E-state index in [4.69, 9.17) is 4.74 Å². The first-order valence-electron chi connectivity index (χ1n) is 7.56. The minimum atomic E-state index is 0.278. The lowest BCUT2D eigenvalue weighted by Crippen LogP contribution is -2.24. The molecule has 0 fully saturated rings. The molecule has 0 aromatic carbocycles. The van der Waals surface area contributed by atoms with Gasteiger partial charge in [0, 0.05) is 19.2 Å². The van der Waals surface area contributed by atoms with Crippen LogP contribution in [0.1, 0.15) is 42.6 Å². The van der Waals surface area contributed by atoms with Crippen molar-refractivity contribution < 1.29 is 4.74 Å². The highest BCUT2D eigenvalue weighted by Gasteiger charge is 2.19. The molecule has 2 aromatic rings. The van der Waals surface area contributed by atoms with Gasteiger partial charge in [0.05, 0.1) is 23.7 Å². The van der Waals surface area contributed by atoms with Gasteiger partial charge in [-0.05, 0) is 36.9 Å². The van der Waals surface area contributed by atoms with E-state index in [-0.39, 0.29) is 6.04 Å². The van der Waals surface area contributed by atoms with Crippen LogP contribution in [0.4, 0.5) is 0 Å². The molecule has 116 valence electrons. The molecule has 0 saturated heterocycles. The van der Waals surface area contributed by atoms with Crippen molar-refractivity contribution in [3.63, 3.8) is 0 Å². The number of nitrogens with one attached hydrogen (secondary N) is 1. The Balaban J connectivity index is 2.21. The number of hydrogen-bond acceptors (Lipinski definition) is 4. The van der Waals surface area contributed by atoms with E-state index in [0.717, 1.165) is 37.3 Å². The quantitative estimate of drug-likeness (QED) is 0.813. The molecule has 4 nitrogen and oxygen atoms in total. The predicted octanol–water partition coefficient (Wildman–Crippen LogP) is 3.34. The Morgan fingerprint density at radius 2 is 2.24 bits per heavy atom. The maximum atomic E-state index is 5.49. The van der Waals surface area contributed by atoms with Gasteiger partial charge < -0.3 is 10.1 Å². The van der Waals surface area contributed by atoms with Gasteiger partial charge in [-0.1, -0.05) is 13.8 Å². The summed E-state index contributed by atoms with van der Waals surface area (Å²) in [6.07, 6.45) is 3.03. The summed E-state index contributed by atoms with van der Waals surface area (Å²) in [4.78, 5) is 1.27. The third-order valence-corrected chi connectivity index (χ3v) is 4.65. The number of rotatable bonds is 8. The van der Waals surface area contributed by atoms with Gasteiger partial charge >= 0.3 is 0 Å². The van der Waals surface area contributed by atoms with Crippen molar-refractivity contribution in [1.29, 1.82) is 0 Å². The van der Waals surface area contributed by atoms with Crippen LogP contribution in [-0.4, -0.2) is 23.4 Å². The molecule has 2 rings (SSSR count). The molecule has 0 radical (unpaired) electrons. The SMILES string of the molecule is CCCNC(Cc1cc(CC)nn1C)c1sccc1OC. The molecule has 2 heterocycles. The third kappa shape index (κ3) is 3.86. The highest BCUT2D eigenvalue weighted by Crippen LogP contribution is 2.32. The van der Waals surface area contributed by atoms with Crippen LogP contribution in [0.3, 0.4) is 0 Å². The minimum absolute atomic E-state index is 0.278. The normalized spacial score (nSPS) is 12.6. The molecule has 0 aliphatic rings. The summed E-state index contributed by atoms with van der Waals surface area (Å²) >= 11 is 1.75. The summed E-state index contributed by atoms with van der Waals surface area (Å²) in [7, 11) is 3.76. The first kappa shape index (κ1) is 16.0. The Labute approximate surface area is 131 Å². The zero-order valence-electron chi connectivity index (χ0n) is 13.3. The Bertz CT molecular complexity index is 562. The molecular formula is C16H25N3OS. The second-order valence-corrected chi connectivity index (χ2v) is 6.12. The van der Waals surface area contributed by atoms with Gasteiger partial charge in [-0.2, -0.15) is 5.10 Å². The molecule has 1 atom stereocenters. The average Bonchev–Trinajstić information content (AvgIpc) is 3.09. The molecule has 0 saturated carbocycles. The van der Waals surface area contributed by atoms with E-state index in [1.807, 2.05) is 17.8 Å². The van der Waals surface area contributed by atoms with Crippen molar-refractivity contribution in [1.82, 2.24) is 15.1 Å². The summed E-state index contributed by atoms with van der Waals surface area (Å²) in [5.74, 6) is 0.978. The van der Waals surface area contributed by atoms with E-state index >= 15 is 0 Å². The van der Waals surface area contributed by atoms with Crippen LogP contribution >= 0.6 is 11.3 Å². The van der Waals surface area contributed by atoms with Gasteiger partial charge in [0.2, 0.25) is 0 Å². The third-order valence-electron chi connectivity index (χ3n) is 3.64. The summed E-state index contributed by atoms with van der Waals surface area (Å²) in [5.41, 5.74) is 2.41. The van der Waals surface area contributed by atoms with Crippen LogP contribution in [0.2, 0.25) is 0 Å². The lowest BCUT2D eigenvalue weighted by molar-refractivity contribution is 0.401. The highest BCUT2D eigenvalue weighted by atomic mass is 32.1. The first-order valence-corrected chi connectivity index (χ1v) is 8.44. The van der Waals surface area contributed by atoms with Gasteiger partial charge in [-0.3, -0.25) is 4.68 Å². The van der Waals surface area contributed by atoms with E-state index in [2.05, 4.69) is 35.7 Å². The number of ether oxygens (including phenoxy) is 1. The van der Waals surface area contributed by atoms with Crippen LogP contribution in [0.25, 0.3) is 0 Å². The number of methoxy groups -OCH3 is 1. The van der Waals surface area contributed by atoms with E-state index in [0.29, 0.717) is 0 Å². The largest absolute Gasteiger partial charge is 0.496 e. The van der Waals surface area contributed by atoms with Crippen molar-refractivity contribution in [2.75, 3.05) is 13.7 Å². The topological polar surface area (TPSA) is 39.1 Å². The Kier molecular flexibility index (Phi) is 5.82. The molecule has 0 amide bonds. The average molecular weight is 307 g/mol. The fourth-order valence-electron chi connectivity index (χ4n) is 2.45. The van der Waals surface area contributed by atoms with Crippen molar-refractivity contribution >= 4 is 11.3 Å². The lowest BCUT2D eigenvalue weighted by Gasteiger charge is -2.18. The molecular weight excluding hydrogens is 282 g/mol. The monoisotopic (exact) mass is 307 g/mol. The van der Waals surface area contributed by atoms with Crippen molar-refractivity contribution in [2.45, 2.75) is 39.2 Å². The molecule has 0 aliphatic carbocycles. The van der Waals surface area contributed by atoms with E-state index in [1.165, 1.54) is 10.6 Å². The Morgan fingerprint density at radius 1 is 1.43 bits per heavy atom. The summed E-state index contributed by atoms with van der Waals surface area (Å²) < 4.78 is 7.49. The lowest BCUT2D eigenvalue weighted by atomic mass is 10.1. The van der Waals surface area contributed by atoms with Crippen LogP contribution in [-0.2, 0) is 19.9 Å². The first-order chi connectivity index (χ1) is 10.2. The fraction of sp³-hybridized carbons (Fsp3) is 0.562. The maximum absolute atomic E-state index is 5.49. The van der Waals surface area contributed by atoms with Gasteiger partial charge in [0.1, 0.15) is 5.75 Å². The van der Waals surface area contributed by atoms with Crippen LogP contribution in [0.5, 0.6) is 5.75 Å². The fourth-order valence-corrected chi connectivity index (χ4v) is 3.39. The van der Waals surface area contributed by atoms with Gasteiger partial charge in [0.15, 0.2) is 0 Å². The summed E-state index contributed by atoms with van der Waals surface area (Å²) in [6.45, 7) is 5.33. The van der Waals surface area contributed by atoms with Gasteiger partial charge in [0.25, 0.3) is 0 Å². The zero-order chi connectivity index (χ0) is 15.2. The number of hydrogen-bond donors (Lipinski definition) is 1. The van der Waals surface area contributed by atoms with Crippen LogP contribution in [0.15, 0.2) is 17.5 Å². The number of nitrogens with zero attached hydrogens (tertiary/aromatic N) is 2. The molecule has 0 bridgehead atoms. The molecule has 1 unspecified atom stereocenters. The van der Waals surface area contributed by atoms with E-state index in [9.17, 15) is 0 Å². The number of thiophene rings is 1. The maximum Gasteiger partial charge on any atom is 0.134 e. The standard InChI is InChI=1S/C16H25N3OS/c1-5-8-17-14(16-15(20-4)7-9-21-16)11-13-10-12(6-2)18-19(13)3/h7,9-10,14,17H,5-6,8,11H2,1-4H3. The van der Waals surface area contributed by atoms with Crippen LogP contribution in [0, 0.1) is 0 Å². The molecule has 21 heavy (non-hydrogen) atoms. The molecule has 0 aliphatic heterocycles. The second kappa shape index (κ2) is 7.61. The smallest absolute Gasteiger partial charge is 0.134 e. The Hall–Kier alpha value is -1.33. The van der Waals surface area contributed by atoms with Crippen LogP contribution < -0.4 is 10.1 Å². The molecule has 0 spiro atoms.